The second-order valence-corrected chi connectivity index (χ2v) is 9.22. The van der Waals surface area contributed by atoms with Gasteiger partial charge in [-0.05, 0) is 67.6 Å². The van der Waals surface area contributed by atoms with E-state index in [-0.39, 0.29) is 4.90 Å². The first-order valence-electron chi connectivity index (χ1n) is 9.54. The largest absolute Gasteiger partial charge is 0.465 e. The maximum Gasteiger partial charge on any atom is 0.337 e. The van der Waals surface area contributed by atoms with Crippen molar-refractivity contribution in [3.8, 4) is 0 Å². The molecule has 0 aliphatic rings. The van der Waals surface area contributed by atoms with Crippen LogP contribution in [0.1, 0.15) is 15.9 Å². The van der Waals surface area contributed by atoms with Crippen LogP contribution in [0.2, 0.25) is 5.02 Å². The average molecular weight is 473 g/mol. The number of esters is 1. The van der Waals surface area contributed by atoms with Gasteiger partial charge in [0.1, 0.15) is 6.54 Å². The Hall–Kier alpha value is -3.36. The van der Waals surface area contributed by atoms with Gasteiger partial charge in [-0.25, -0.2) is 13.2 Å². The third-order valence-electron chi connectivity index (χ3n) is 4.60. The summed E-state index contributed by atoms with van der Waals surface area (Å²) in [5, 5.41) is 3.09. The summed E-state index contributed by atoms with van der Waals surface area (Å²) < 4.78 is 32.3. The molecular weight excluding hydrogens is 452 g/mol. The molecule has 0 aliphatic carbocycles. The smallest absolute Gasteiger partial charge is 0.337 e. The van der Waals surface area contributed by atoms with Crippen LogP contribution in [-0.2, 0) is 19.6 Å². The molecule has 3 aromatic rings. The minimum Gasteiger partial charge on any atom is -0.465 e. The molecule has 32 heavy (non-hydrogen) atoms. The number of halogens is 1. The fourth-order valence-corrected chi connectivity index (χ4v) is 4.45. The summed E-state index contributed by atoms with van der Waals surface area (Å²) in [7, 11) is -2.75. The predicted octanol–water partition coefficient (Wildman–Crippen LogP) is 4.27. The maximum absolute atomic E-state index is 13.3. The Labute approximate surface area is 191 Å². The summed E-state index contributed by atoms with van der Waals surface area (Å²) in [5.41, 5.74) is 1.95. The number of methoxy groups -OCH3 is 1. The number of ether oxygens (including phenoxy) is 1. The van der Waals surface area contributed by atoms with Gasteiger partial charge in [-0.3, -0.25) is 9.10 Å². The zero-order valence-electron chi connectivity index (χ0n) is 17.4. The Morgan fingerprint density at radius 2 is 1.53 bits per heavy atom. The van der Waals surface area contributed by atoms with E-state index in [0.717, 1.165) is 9.87 Å². The van der Waals surface area contributed by atoms with Crippen molar-refractivity contribution in [2.24, 2.45) is 0 Å². The quantitative estimate of drug-likeness (QED) is 0.518. The van der Waals surface area contributed by atoms with Gasteiger partial charge < -0.3 is 10.1 Å². The summed E-state index contributed by atoms with van der Waals surface area (Å²) in [6.07, 6.45) is 0. The van der Waals surface area contributed by atoms with Gasteiger partial charge in [0.25, 0.3) is 10.0 Å². The molecule has 166 valence electrons. The Balaban J connectivity index is 1.87. The number of nitrogens with zero attached hydrogens (tertiary/aromatic N) is 1. The Bertz CT molecular complexity index is 1210. The summed E-state index contributed by atoms with van der Waals surface area (Å²) in [6, 6.07) is 18.6. The second kappa shape index (κ2) is 9.84. The highest BCUT2D eigenvalue weighted by Crippen LogP contribution is 2.25. The number of aryl methyl sites for hydroxylation is 1. The third kappa shape index (κ3) is 5.46. The topological polar surface area (TPSA) is 92.8 Å². The number of sulfonamides is 1. The van der Waals surface area contributed by atoms with Gasteiger partial charge in [0.2, 0.25) is 5.91 Å². The van der Waals surface area contributed by atoms with Crippen molar-refractivity contribution in [1.82, 2.24) is 0 Å². The number of anilines is 2. The number of rotatable bonds is 7. The molecule has 0 saturated carbocycles. The van der Waals surface area contributed by atoms with Crippen LogP contribution in [0.5, 0.6) is 0 Å². The summed E-state index contributed by atoms with van der Waals surface area (Å²) in [6.45, 7) is 1.39. The normalized spacial score (nSPS) is 11.0. The van der Waals surface area contributed by atoms with E-state index in [2.05, 4.69) is 10.1 Å². The van der Waals surface area contributed by atoms with Crippen molar-refractivity contribution in [3.05, 3.63) is 88.9 Å². The minimum atomic E-state index is -4.02. The van der Waals surface area contributed by atoms with Gasteiger partial charge >= 0.3 is 5.97 Å². The molecule has 0 spiro atoms. The van der Waals surface area contributed by atoms with Gasteiger partial charge in [-0.2, -0.15) is 0 Å². The lowest BCUT2D eigenvalue weighted by Crippen LogP contribution is -2.38. The number of carbonyl (C=O) groups is 2. The molecule has 0 aromatic heterocycles. The fraction of sp³-hybridized carbons (Fsp3) is 0.130. The molecule has 0 saturated heterocycles. The molecule has 3 aromatic carbocycles. The number of hydrogen-bond acceptors (Lipinski definition) is 5. The van der Waals surface area contributed by atoms with Gasteiger partial charge in [-0.15, -0.1) is 0 Å². The highest BCUT2D eigenvalue weighted by molar-refractivity contribution is 7.92. The summed E-state index contributed by atoms with van der Waals surface area (Å²) in [5.74, 6) is -1.05. The van der Waals surface area contributed by atoms with Crippen LogP contribution < -0.4 is 9.62 Å². The highest BCUT2D eigenvalue weighted by atomic mass is 35.5. The molecule has 0 bridgehead atoms. The van der Waals surface area contributed by atoms with Crippen molar-refractivity contribution in [3.63, 3.8) is 0 Å². The van der Waals surface area contributed by atoms with E-state index in [1.54, 1.807) is 24.3 Å². The number of benzene rings is 3. The average Bonchev–Trinajstić information content (AvgIpc) is 2.78. The molecule has 7 nitrogen and oxygen atoms in total. The Kier molecular flexibility index (Phi) is 7.17. The molecule has 0 aliphatic heterocycles. The molecule has 0 heterocycles. The first-order chi connectivity index (χ1) is 15.2. The van der Waals surface area contributed by atoms with Crippen LogP contribution >= 0.6 is 11.6 Å². The highest BCUT2D eigenvalue weighted by Gasteiger charge is 2.27. The molecule has 0 radical (unpaired) electrons. The van der Waals surface area contributed by atoms with Gasteiger partial charge in [0, 0.05) is 10.7 Å². The maximum atomic E-state index is 13.3. The summed E-state index contributed by atoms with van der Waals surface area (Å²) in [4.78, 5) is 24.3. The van der Waals surface area contributed by atoms with Gasteiger partial charge in [-0.1, -0.05) is 29.3 Å². The first-order valence-corrected chi connectivity index (χ1v) is 11.4. The number of hydrogen-bond donors (Lipinski definition) is 1. The standard InChI is InChI=1S/C23H21ClN2O5S/c1-16-3-13-21(14-4-16)32(29,30)26(20-11-7-18(24)8-12-20)15-22(27)25-19-9-5-17(6-10-19)23(28)31-2/h3-14H,15H2,1-2H3,(H,25,27). The Morgan fingerprint density at radius 3 is 2.09 bits per heavy atom. The molecule has 0 atom stereocenters. The zero-order chi connectivity index (χ0) is 23.3. The number of amides is 1. The van der Waals surface area contributed by atoms with Crippen LogP contribution in [0.25, 0.3) is 0 Å². The van der Waals surface area contributed by atoms with Crippen molar-refractivity contribution in [1.29, 1.82) is 0 Å². The Morgan fingerprint density at radius 1 is 0.938 bits per heavy atom. The van der Waals surface area contributed by atoms with Gasteiger partial charge in [0.15, 0.2) is 0 Å². The number of carbonyl (C=O) groups excluding carboxylic acids is 2. The SMILES string of the molecule is COC(=O)c1ccc(NC(=O)CN(c2ccc(Cl)cc2)S(=O)(=O)c2ccc(C)cc2)cc1. The van der Waals surface area contributed by atoms with E-state index in [0.29, 0.717) is 22.0 Å². The zero-order valence-corrected chi connectivity index (χ0v) is 19.0. The van der Waals surface area contributed by atoms with Crippen LogP contribution in [0.3, 0.4) is 0 Å². The van der Waals surface area contributed by atoms with E-state index in [1.807, 2.05) is 6.92 Å². The van der Waals surface area contributed by atoms with E-state index >= 15 is 0 Å². The van der Waals surface area contributed by atoms with Crippen molar-refractivity contribution in [2.75, 3.05) is 23.3 Å². The monoisotopic (exact) mass is 472 g/mol. The van der Waals surface area contributed by atoms with E-state index < -0.39 is 28.4 Å². The lowest BCUT2D eigenvalue weighted by atomic mass is 10.2. The fourth-order valence-electron chi connectivity index (χ4n) is 2.90. The lowest BCUT2D eigenvalue weighted by Gasteiger charge is -2.24. The van der Waals surface area contributed by atoms with E-state index in [9.17, 15) is 18.0 Å². The molecule has 1 N–H and O–H groups in total. The molecule has 9 heteroatoms. The molecule has 0 unspecified atom stereocenters. The molecule has 3 rings (SSSR count). The molecular formula is C23H21ClN2O5S. The summed E-state index contributed by atoms with van der Waals surface area (Å²) >= 11 is 5.94. The number of nitrogens with one attached hydrogen (secondary N) is 1. The van der Waals surface area contributed by atoms with E-state index in [1.165, 1.54) is 55.6 Å². The van der Waals surface area contributed by atoms with E-state index in [4.69, 9.17) is 11.6 Å². The van der Waals surface area contributed by atoms with Crippen molar-refractivity contribution < 1.29 is 22.7 Å². The second-order valence-electron chi connectivity index (χ2n) is 6.92. The minimum absolute atomic E-state index is 0.0632. The van der Waals surface area contributed by atoms with Crippen LogP contribution in [-0.4, -0.2) is 33.9 Å². The molecule has 0 fully saturated rings. The van der Waals surface area contributed by atoms with Crippen LogP contribution in [0.4, 0.5) is 11.4 Å². The van der Waals surface area contributed by atoms with Gasteiger partial charge in [0.05, 0.1) is 23.3 Å². The van der Waals surface area contributed by atoms with Crippen LogP contribution in [0, 0.1) is 6.92 Å². The van der Waals surface area contributed by atoms with Crippen molar-refractivity contribution >= 4 is 44.9 Å². The predicted molar refractivity (Wildman–Crippen MR) is 124 cm³/mol. The lowest BCUT2D eigenvalue weighted by molar-refractivity contribution is -0.114. The van der Waals surface area contributed by atoms with Crippen LogP contribution in [0.15, 0.2) is 77.7 Å². The first kappa shape index (κ1) is 23.3. The molecule has 1 amide bonds. The van der Waals surface area contributed by atoms with Crippen molar-refractivity contribution in [2.45, 2.75) is 11.8 Å². The third-order valence-corrected chi connectivity index (χ3v) is 6.64.